The first kappa shape index (κ1) is 35.3. The predicted octanol–water partition coefficient (Wildman–Crippen LogP) is 3.98. The van der Waals surface area contributed by atoms with Gasteiger partial charge in [-0.15, -0.1) is 0 Å². The number of rotatable bonds is 2. The van der Waals surface area contributed by atoms with Crippen LogP contribution in [0.1, 0.15) is 11.1 Å². The summed E-state index contributed by atoms with van der Waals surface area (Å²) in [4.78, 5) is 8.79. The van der Waals surface area contributed by atoms with Gasteiger partial charge in [-0.3, -0.25) is 0 Å². The molecule has 4 N–H and O–H groups in total. The van der Waals surface area contributed by atoms with E-state index in [-0.39, 0.29) is 5.48 Å². The Balaban J connectivity index is 0.000000375. The number of nitrogens with one attached hydrogen (secondary N) is 2. The highest BCUT2D eigenvalue weighted by Gasteiger charge is 2.37. The van der Waals surface area contributed by atoms with Crippen LogP contribution < -0.4 is 9.97 Å². The Kier molecular flexibility index (Phi) is 12.9. The molecule has 0 radical (unpaired) electrons. The molecule has 39 heavy (non-hydrogen) atoms. The van der Waals surface area contributed by atoms with Crippen molar-refractivity contribution in [3.05, 3.63) is 79.5 Å². The van der Waals surface area contributed by atoms with Crippen LogP contribution in [0.3, 0.4) is 0 Å². The maximum atomic E-state index is 10.7. The van der Waals surface area contributed by atoms with Gasteiger partial charge in [0.25, 0.3) is 0 Å². The van der Waals surface area contributed by atoms with E-state index < -0.39 is 31.3 Å². The highest BCUT2D eigenvalue weighted by atomic mass is 32.2. The van der Waals surface area contributed by atoms with Gasteiger partial charge >= 0.3 is 11.0 Å². The van der Waals surface area contributed by atoms with Gasteiger partial charge in [-0.2, -0.15) is 26.3 Å². The second-order valence-electron chi connectivity index (χ2n) is 6.36. The van der Waals surface area contributed by atoms with Crippen LogP contribution in [0.25, 0.3) is 9.81 Å². The minimum atomic E-state index is -6.09. The van der Waals surface area contributed by atoms with E-state index >= 15 is 0 Å². The van der Waals surface area contributed by atoms with Crippen molar-refractivity contribution in [3.63, 3.8) is 0 Å². The van der Waals surface area contributed by atoms with Crippen molar-refractivity contribution in [2.75, 3.05) is 0 Å². The summed E-state index contributed by atoms with van der Waals surface area (Å²) >= 11 is 7.39. The number of halogens is 6. The SMILES string of the molecule is C1=C(c2cc[nH+]cc2)S/C(=C2\SC=C(c3cc[nH+]cc3)S2)S1.O.O=S(=O)([O-])C(F)(F)F.O=S(=O)([O-])C(F)(F)F. The fourth-order valence-electron chi connectivity index (χ4n) is 2.05. The smallest absolute Gasteiger partial charge is 0.485 e. The zero-order valence-electron chi connectivity index (χ0n) is 18.4. The Hall–Kier alpha value is -1.72. The van der Waals surface area contributed by atoms with E-state index in [2.05, 4.69) is 45.0 Å². The van der Waals surface area contributed by atoms with Gasteiger partial charge in [0.2, 0.25) is 0 Å². The van der Waals surface area contributed by atoms with E-state index in [0.717, 1.165) is 0 Å². The number of alkyl halides is 6. The highest BCUT2D eigenvalue weighted by Crippen LogP contribution is 2.58. The number of hydrogen-bond donors (Lipinski definition) is 0. The molecule has 21 heteroatoms. The van der Waals surface area contributed by atoms with Gasteiger partial charge in [-0.25, -0.2) is 26.8 Å². The van der Waals surface area contributed by atoms with Gasteiger partial charge in [0.05, 0.1) is 8.47 Å². The molecule has 0 bridgehead atoms. The summed E-state index contributed by atoms with van der Waals surface area (Å²) in [5.41, 5.74) is -8.75. The van der Waals surface area contributed by atoms with Crippen LogP contribution in [0.4, 0.5) is 26.3 Å². The monoisotopic (exact) mass is 676 g/mol. The zero-order valence-corrected chi connectivity index (χ0v) is 23.3. The molecule has 2 aliphatic rings. The molecule has 2 aromatic rings. The quantitative estimate of drug-likeness (QED) is 0.257. The summed E-state index contributed by atoms with van der Waals surface area (Å²) in [7, 11) is -12.2. The van der Waals surface area contributed by atoms with Gasteiger partial charge in [0.1, 0.15) is 0 Å². The molecular formula is C18H14F6N2O7S6. The first-order valence-electron chi connectivity index (χ1n) is 9.21. The average Bonchev–Trinajstić information content (AvgIpc) is 3.49. The summed E-state index contributed by atoms with van der Waals surface area (Å²) < 4.78 is 121. The second-order valence-corrected chi connectivity index (χ2v) is 13.5. The molecule has 0 aliphatic carbocycles. The number of aromatic amines is 2. The van der Waals surface area contributed by atoms with Gasteiger partial charge in [0.15, 0.2) is 45.0 Å². The summed E-state index contributed by atoms with van der Waals surface area (Å²) in [6.07, 6.45) is 7.88. The van der Waals surface area contributed by atoms with Crippen LogP contribution in [0, 0.1) is 0 Å². The third-order valence-corrected chi connectivity index (χ3v) is 10.2. The summed E-state index contributed by atoms with van der Waals surface area (Å²) in [6, 6.07) is 8.47. The van der Waals surface area contributed by atoms with Crippen molar-refractivity contribution < 1.29 is 67.7 Å². The summed E-state index contributed by atoms with van der Waals surface area (Å²) in [6.45, 7) is 0. The standard InChI is InChI=1S/C16H10N2S4.2CHF3O3S.H2O/c1-5-17-6-2-11(1)13-9-19-15(21-13)16-20-10-14(22-16)12-3-7-18-8-4-12;2*2-1(3,4)8(5,6)7;/h1-10H;2*(H,5,6,7);1H2/b16-15+;;;. The van der Waals surface area contributed by atoms with E-state index in [9.17, 15) is 26.3 Å². The lowest BCUT2D eigenvalue weighted by atomic mass is 10.3. The molecule has 4 heterocycles. The van der Waals surface area contributed by atoms with Crippen LogP contribution in [0.5, 0.6) is 0 Å². The molecule has 0 atom stereocenters. The van der Waals surface area contributed by atoms with Crippen molar-refractivity contribution in [3.8, 4) is 0 Å². The summed E-state index contributed by atoms with van der Waals surface area (Å²) in [5.74, 6) is 0. The van der Waals surface area contributed by atoms with Crippen molar-refractivity contribution in [2.45, 2.75) is 11.0 Å². The van der Waals surface area contributed by atoms with Gasteiger partial charge in [0, 0.05) is 45.2 Å². The van der Waals surface area contributed by atoms with Crippen LogP contribution in [0.2, 0.25) is 0 Å². The molecule has 0 spiro atoms. The number of H-pyrrole nitrogens is 2. The van der Waals surface area contributed by atoms with Crippen molar-refractivity contribution in [2.24, 2.45) is 0 Å². The molecule has 2 aromatic heterocycles. The van der Waals surface area contributed by atoms with E-state index in [4.69, 9.17) is 25.9 Å². The van der Waals surface area contributed by atoms with Crippen LogP contribution >= 0.6 is 47.0 Å². The molecule has 9 nitrogen and oxygen atoms in total. The van der Waals surface area contributed by atoms with Gasteiger partial charge < -0.3 is 14.6 Å². The molecule has 4 rings (SSSR count). The second kappa shape index (κ2) is 14.3. The lowest BCUT2D eigenvalue weighted by Crippen LogP contribution is -2.21. The van der Waals surface area contributed by atoms with E-state index in [0.29, 0.717) is 0 Å². The lowest BCUT2D eigenvalue weighted by Gasteiger charge is -2.08. The van der Waals surface area contributed by atoms with Gasteiger partial charge in [-0.1, -0.05) is 47.0 Å². The van der Waals surface area contributed by atoms with E-state index in [1.54, 1.807) is 0 Å². The Morgan fingerprint density at radius 3 is 1.10 bits per heavy atom. The molecule has 0 saturated carbocycles. The minimum Gasteiger partial charge on any atom is -0.741 e. The van der Waals surface area contributed by atoms with Crippen molar-refractivity contribution in [1.29, 1.82) is 0 Å². The number of pyridine rings is 2. The number of thioether (sulfide) groups is 4. The molecule has 0 saturated heterocycles. The predicted molar refractivity (Wildman–Crippen MR) is 134 cm³/mol. The first-order valence-corrected chi connectivity index (χ1v) is 15.4. The topological polar surface area (TPSA) is 174 Å². The fourth-order valence-corrected chi connectivity index (χ4v) is 6.98. The molecule has 0 aromatic carbocycles. The molecule has 216 valence electrons. The molecule has 0 fully saturated rings. The number of hydrogen-bond acceptors (Lipinski definition) is 10. The zero-order chi connectivity index (χ0) is 28.8. The Morgan fingerprint density at radius 2 is 0.872 bits per heavy atom. The lowest BCUT2D eigenvalue weighted by molar-refractivity contribution is -0.378. The Bertz CT molecular complexity index is 1320. The Labute approximate surface area is 234 Å². The maximum absolute atomic E-state index is 10.7. The van der Waals surface area contributed by atoms with Crippen molar-refractivity contribution >= 4 is 77.1 Å². The van der Waals surface area contributed by atoms with Crippen LogP contribution in [-0.4, -0.2) is 42.4 Å². The average molecular weight is 677 g/mol. The molecule has 0 unspecified atom stereocenters. The third kappa shape index (κ3) is 11.0. The molecular weight excluding hydrogens is 663 g/mol. The largest absolute Gasteiger partial charge is 0.741 e. The fraction of sp³-hybridized carbons (Fsp3) is 0.111. The van der Waals surface area contributed by atoms with Crippen molar-refractivity contribution in [1.82, 2.24) is 0 Å². The van der Waals surface area contributed by atoms with Gasteiger partial charge in [-0.05, 0) is 10.8 Å². The minimum absolute atomic E-state index is 0. The summed E-state index contributed by atoms with van der Waals surface area (Å²) in [5, 5.41) is 4.50. The maximum Gasteiger partial charge on any atom is 0.485 e. The van der Waals surface area contributed by atoms with E-state index in [1.807, 2.05) is 71.8 Å². The first-order chi connectivity index (χ1) is 17.4. The molecule has 2 aliphatic heterocycles. The Morgan fingerprint density at radius 1 is 0.615 bits per heavy atom. The van der Waals surface area contributed by atoms with Crippen LogP contribution in [-0.2, 0) is 20.2 Å². The third-order valence-electron chi connectivity index (χ3n) is 3.69. The van der Waals surface area contributed by atoms with E-state index in [1.165, 1.54) is 29.4 Å². The number of aromatic nitrogens is 2. The van der Waals surface area contributed by atoms with Crippen LogP contribution in [0.15, 0.2) is 68.3 Å². The molecule has 0 amide bonds. The normalized spacial score (nSPS) is 17.5. The highest BCUT2D eigenvalue weighted by molar-refractivity contribution is 8.36.